The Morgan fingerprint density at radius 1 is 1.25 bits per heavy atom. The van der Waals surface area contributed by atoms with Gasteiger partial charge in [0.1, 0.15) is 5.15 Å². The molecule has 3 nitrogen and oxygen atoms in total. The summed E-state index contributed by atoms with van der Waals surface area (Å²) >= 11 is 6.42. The number of aliphatic hydroxyl groups is 1. The summed E-state index contributed by atoms with van der Waals surface area (Å²) in [7, 11) is 0. The van der Waals surface area contributed by atoms with Gasteiger partial charge in [0.15, 0.2) is 0 Å². The molecule has 1 heterocycles. The number of aliphatic hydroxyl groups excluding tert-OH is 1. The highest BCUT2D eigenvalue weighted by atomic mass is 35.5. The van der Waals surface area contributed by atoms with Crippen molar-refractivity contribution in [3.05, 3.63) is 46.2 Å². The predicted molar refractivity (Wildman–Crippen MR) is 80.4 cm³/mol. The molecule has 0 amide bonds. The molecule has 0 radical (unpaired) electrons. The molecule has 2 aromatic rings. The van der Waals surface area contributed by atoms with E-state index in [1.807, 2.05) is 24.3 Å². The summed E-state index contributed by atoms with van der Waals surface area (Å²) in [6.07, 6.45) is 4.78. The molecule has 1 aromatic carbocycles. The first kappa shape index (κ1) is 13.7. The lowest BCUT2D eigenvalue weighted by Gasteiger charge is -2.06. The van der Waals surface area contributed by atoms with E-state index in [1.54, 1.807) is 4.68 Å². The highest BCUT2D eigenvalue weighted by molar-refractivity contribution is 6.30. The molecule has 1 fully saturated rings. The van der Waals surface area contributed by atoms with Gasteiger partial charge < -0.3 is 5.11 Å². The van der Waals surface area contributed by atoms with Gasteiger partial charge in [-0.3, -0.25) is 0 Å². The summed E-state index contributed by atoms with van der Waals surface area (Å²) in [4.78, 5) is 0. The Kier molecular flexibility index (Phi) is 3.81. The van der Waals surface area contributed by atoms with Crippen LogP contribution >= 0.6 is 11.6 Å². The van der Waals surface area contributed by atoms with Crippen LogP contribution in [0.5, 0.6) is 0 Å². The lowest BCUT2D eigenvalue weighted by atomic mass is 10.0. The molecule has 1 saturated carbocycles. The summed E-state index contributed by atoms with van der Waals surface area (Å²) in [6, 6.07) is 8.10. The van der Waals surface area contributed by atoms with Gasteiger partial charge in [0.25, 0.3) is 0 Å². The minimum atomic E-state index is -0.0451. The van der Waals surface area contributed by atoms with Gasteiger partial charge in [0.05, 0.1) is 18.0 Å². The van der Waals surface area contributed by atoms with Crippen molar-refractivity contribution < 1.29 is 5.11 Å². The fraction of sp³-hybridized carbons (Fsp3) is 0.438. The summed E-state index contributed by atoms with van der Waals surface area (Å²) in [5.41, 5.74) is 3.92. The molecule has 0 bridgehead atoms. The molecular weight excluding hydrogens is 272 g/mol. The second-order valence-corrected chi connectivity index (χ2v) is 5.90. The monoisotopic (exact) mass is 290 g/mol. The zero-order valence-electron chi connectivity index (χ0n) is 11.6. The van der Waals surface area contributed by atoms with Crippen LogP contribution in [0.25, 0.3) is 5.69 Å². The van der Waals surface area contributed by atoms with Gasteiger partial charge in [-0.1, -0.05) is 42.1 Å². The van der Waals surface area contributed by atoms with Crippen molar-refractivity contribution in [2.75, 3.05) is 0 Å². The Morgan fingerprint density at radius 2 is 1.90 bits per heavy atom. The van der Waals surface area contributed by atoms with Crippen LogP contribution in [-0.4, -0.2) is 14.9 Å². The van der Waals surface area contributed by atoms with Crippen molar-refractivity contribution in [2.45, 2.75) is 45.1 Å². The van der Waals surface area contributed by atoms with Gasteiger partial charge in [-0.2, -0.15) is 5.10 Å². The number of aromatic nitrogens is 2. The fourth-order valence-electron chi connectivity index (χ4n) is 2.98. The van der Waals surface area contributed by atoms with Crippen molar-refractivity contribution in [3.8, 4) is 5.69 Å². The largest absolute Gasteiger partial charge is 0.391 e. The van der Waals surface area contributed by atoms with Gasteiger partial charge in [-0.15, -0.1) is 0 Å². The molecule has 3 rings (SSSR count). The average Bonchev–Trinajstić information content (AvgIpc) is 3.07. The number of hydrogen-bond acceptors (Lipinski definition) is 2. The number of aryl methyl sites for hydroxylation is 1. The van der Waals surface area contributed by atoms with E-state index < -0.39 is 0 Å². The third kappa shape index (κ3) is 2.36. The van der Waals surface area contributed by atoms with Gasteiger partial charge in [0.2, 0.25) is 0 Å². The third-order valence-corrected chi connectivity index (χ3v) is 4.52. The maximum atomic E-state index is 9.63. The molecule has 0 aliphatic heterocycles. The lowest BCUT2D eigenvalue weighted by molar-refractivity contribution is 0.280. The Labute approximate surface area is 124 Å². The van der Waals surface area contributed by atoms with E-state index in [9.17, 15) is 5.11 Å². The number of benzene rings is 1. The first-order valence-corrected chi connectivity index (χ1v) is 7.53. The molecule has 0 unspecified atom stereocenters. The second kappa shape index (κ2) is 5.58. The second-order valence-electron chi connectivity index (χ2n) is 5.54. The quantitative estimate of drug-likeness (QED) is 0.928. The highest BCUT2D eigenvalue weighted by Gasteiger charge is 2.26. The highest BCUT2D eigenvalue weighted by Crippen LogP contribution is 2.38. The molecule has 4 heteroatoms. The number of halogens is 1. The topological polar surface area (TPSA) is 38.0 Å². The Morgan fingerprint density at radius 3 is 2.50 bits per heavy atom. The van der Waals surface area contributed by atoms with Gasteiger partial charge in [-0.25, -0.2) is 4.68 Å². The van der Waals surface area contributed by atoms with Crippen LogP contribution in [0, 0.1) is 6.92 Å². The van der Waals surface area contributed by atoms with Crippen molar-refractivity contribution in [3.63, 3.8) is 0 Å². The van der Waals surface area contributed by atoms with Gasteiger partial charge in [-0.05, 0) is 31.9 Å². The maximum Gasteiger partial charge on any atom is 0.138 e. The molecule has 1 aliphatic carbocycles. The smallest absolute Gasteiger partial charge is 0.138 e. The third-order valence-electron chi connectivity index (χ3n) is 4.13. The van der Waals surface area contributed by atoms with E-state index >= 15 is 0 Å². The van der Waals surface area contributed by atoms with Crippen molar-refractivity contribution in [1.82, 2.24) is 9.78 Å². The van der Waals surface area contributed by atoms with Crippen molar-refractivity contribution in [1.29, 1.82) is 0 Å². The van der Waals surface area contributed by atoms with Gasteiger partial charge >= 0.3 is 0 Å². The zero-order valence-corrected chi connectivity index (χ0v) is 12.4. The molecule has 1 aromatic heterocycles. The van der Waals surface area contributed by atoms with E-state index in [2.05, 4.69) is 12.0 Å². The van der Waals surface area contributed by atoms with Crippen LogP contribution in [0.15, 0.2) is 24.3 Å². The van der Waals surface area contributed by atoms with Gasteiger partial charge in [0, 0.05) is 11.5 Å². The molecule has 20 heavy (non-hydrogen) atoms. The van der Waals surface area contributed by atoms with Crippen molar-refractivity contribution >= 4 is 11.6 Å². The van der Waals surface area contributed by atoms with E-state index in [1.165, 1.54) is 18.4 Å². The molecule has 1 aliphatic rings. The van der Waals surface area contributed by atoms with Crippen molar-refractivity contribution in [2.24, 2.45) is 0 Å². The first-order valence-electron chi connectivity index (χ1n) is 7.16. The molecule has 0 atom stereocenters. The summed E-state index contributed by atoms with van der Waals surface area (Å²) < 4.78 is 1.75. The van der Waals surface area contributed by atoms with E-state index in [4.69, 9.17) is 11.6 Å². The predicted octanol–water partition coefficient (Wildman–Crippen LogP) is 3.98. The lowest BCUT2D eigenvalue weighted by Crippen LogP contribution is -2.00. The zero-order chi connectivity index (χ0) is 14.1. The maximum absolute atomic E-state index is 9.63. The normalized spacial score (nSPS) is 15.9. The van der Waals surface area contributed by atoms with Crippen LogP contribution < -0.4 is 0 Å². The summed E-state index contributed by atoms with van der Waals surface area (Å²) in [5, 5.41) is 14.9. The SMILES string of the molecule is Cc1ccc(-n2nc(C3CCCC3)c(CO)c2Cl)cc1. The average molecular weight is 291 g/mol. The Balaban J connectivity index is 2.05. The number of nitrogens with zero attached hydrogens (tertiary/aromatic N) is 2. The van der Waals surface area contributed by atoms with E-state index in [-0.39, 0.29) is 6.61 Å². The first-order chi connectivity index (χ1) is 9.70. The number of hydrogen-bond donors (Lipinski definition) is 1. The van der Waals surface area contributed by atoms with Crippen LogP contribution in [0.2, 0.25) is 5.15 Å². The molecular formula is C16H19ClN2O. The van der Waals surface area contributed by atoms with Crippen LogP contribution in [0.1, 0.15) is 48.4 Å². The minimum absolute atomic E-state index is 0.0451. The standard InChI is InChI=1S/C16H19ClN2O/c1-11-6-8-13(9-7-11)19-16(17)14(10-20)15(18-19)12-4-2-3-5-12/h6-9,12,20H,2-5,10H2,1H3. The molecule has 0 spiro atoms. The molecule has 106 valence electrons. The Bertz CT molecular complexity index is 598. The minimum Gasteiger partial charge on any atom is -0.391 e. The molecule has 1 N–H and O–H groups in total. The summed E-state index contributed by atoms with van der Waals surface area (Å²) in [5.74, 6) is 0.446. The van der Waals surface area contributed by atoms with Crippen LogP contribution in [0.4, 0.5) is 0 Å². The van der Waals surface area contributed by atoms with Crippen LogP contribution in [-0.2, 0) is 6.61 Å². The Hall–Kier alpha value is -1.32. The summed E-state index contributed by atoms with van der Waals surface area (Å²) in [6.45, 7) is 2.01. The van der Waals surface area contributed by atoms with Crippen LogP contribution in [0.3, 0.4) is 0 Å². The molecule has 0 saturated heterocycles. The van der Waals surface area contributed by atoms with E-state index in [0.29, 0.717) is 11.1 Å². The fourth-order valence-corrected chi connectivity index (χ4v) is 3.27. The number of rotatable bonds is 3. The van der Waals surface area contributed by atoms with E-state index in [0.717, 1.165) is 29.8 Å².